The molecule has 0 amide bonds. The minimum absolute atomic E-state index is 0.122. The van der Waals surface area contributed by atoms with E-state index in [0.29, 0.717) is 24.7 Å². The molecule has 0 radical (unpaired) electrons. The highest BCUT2D eigenvalue weighted by molar-refractivity contribution is 7.86. The van der Waals surface area contributed by atoms with E-state index in [0.717, 1.165) is 25.7 Å². The Hall–Kier alpha value is -0.950. The molecule has 24 heavy (non-hydrogen) atoms. The van der Waals surface area contributed by atoms with Gasteiger partial charge in [0, 0.05) is 11.2 Å². The molecule has 0 N–H and O–H groups in total. The molecule has 0 aliphatic heterocycles. The van der Waals surface area contributed by atoms with Crippen LogP contribution < -0.4 is 0 Å². The van der Waals surface area contributed by atoms with Gasteiger partial charge in [-0.25, -0.2) is 8.42 Å². The second kappa shape index (κ2) is 5.80. The van der Waals surface area contributed by atoms with E-state index in [-0.39, 0.29) is 48.5 Å². The molecule has 4 bridgehead atoms. The number of hydrogen-bond acceptors (Lipinski definition) is 6. The quantitative estimate of drug-likeness (QED) is 0.563. The van der Waals surface area contributed by atoms with Crippen molar-refractivity contribution >= 4 is 21.9 Å². The van der Waals surface area contributed by atoms with Crippen LogP contribution in [0.25, 0.3) is 0 Å². The lowest BCUT2D eigenvalue weighted by Gasteiger charge is -2.52. The first-order valence-electron chi connectivity index (χ1n) is 9.02. The van der Waals surface area contributed by atoms with Gasteiger partial charge in [0.1, 0.15) is 11.9 Å². The van der Waals surface area contributed by atoms with E-state index in [2.05, 4.69) is 0 Å². The van der Waals surface area contributed by atoms with Gasteiger partial charge in [0.2, 0.25) is 0 Å². The number of esters is 1. The molecule has 5 fully saturated rings. The summed E-state index contributed by atoms with van der Waals surface area (Å²) in [6.07, 6.45) is 4.71. The normalized spacial score (nSPS) is 44.5. The number of ether oxygens (including phenoxy) is 1. The van der Waals surface area contributed by atoms with Gasteiger partial charge in [-0.1, -0.05) is 0 Å². The highest BCUT2D eigenvalue weighted by atomic mass is 32.2. The maximum atomic E-state index is 12.5. The maximum absolute atomic E-state index is 12.5. The van der Waals surface area contributed by atoms with E-state index >= 15 is 0 Å². The largest absolute Gasteiger partial charge is 0.748 e. The number of carbonyl (C=O) groups is 2. The first kappa shape index (κ1) is 16.5. The van der Waals surface area contributed by atoms with E-state index in [4.69, 9.17) is 4.74 Å². The van der Waals surface area contributed by atoms with Crippen LogP contribution in [0.4, 0.5) is 0 Å². The van der Waals surface area contributed by atoms with Crippen molar-refractivity contribution in [2.45, 2.75) is 62.7 Å². The van der Waals surface area contributed by atoms with E-state index in [1.165, 1.54) is 0 Å². The molecule has 5 saturated carbocycles. The topological polar surface area (TPSA) is 101 Å². The third kappa shape index (κ3) is 2.79. The highest BCUT2D eigenvalue weighted by Crippen LogP contribution is 2.53. The lowest BCUT2D eigenvalue weighted by Crippen LogP contribution is -2.55. The molecular formula is C17H23O6S-. The smallest absolute Gasteiger partial charge is 0.309 e. The number of ketones is 1. The van der Waals surface area contributed by atoms with Gasteiger partial charge >= 0.3 is 5.97 Å². The Morgan fingerprint density at radius 3 is 2.42 bits per heavy atom. The minimum atomic E-state index is -4.27. The van der Waals surface area contributed by atoms with Gasteiger partial charge in [-0.2, -0.15) is 0 Å². The highest BCUT2D eigenvalue weighted by Gasteiger charge is 2.55. The van der Waals surface area contributed by atoms with Crippen molar-refractivity contribution < 1.29 is 27.3 Å². The summed E-state index contributed by atoms with van der Waals surface area (Å²) in [6, 6.07) is 0. The lowest BCUT2D eigenvalue weighted by atomic mass is 9.54. The van der Waals surface area contributed by atoms with Crippen molar-refractivity contribution in [2.75, 3.05) is 0 Å². The Morgan fingerprint density at radius 1 is 1.04 bits per heavy atom. The Bertz CT molecular complexity index is 648. The average molecular weight is 355 g/mol. The van der Waals surface area contributed by atoms with Gasteiger partial charge in [-0.15, -0.1) is 0 Å². The third-order valence-corrected chi connectivity index (χ3v) is 8.01. The second-order valence-electron chi connectivity index (χ2n) is 8.14. The molecule has 5 aliphatic rings. The molecule has 5 atom stereocenters. The van der Waals surface area contributed by atoms with Crippen LogP contribution in [0.2, 0.25) is 0 Å². The first-order valence-corrected chi connectivity index (χ1v) is 10.5. The molecular weight excluding hydrogens is 332 g/mol. The monoisotopic (exact) mass is 355 g/mol. The fourth-order valence-corrected chi connectivity index (χ4v) is 6.43. The van der Waals surface area contributed by atoms with Crippen molar-refractivity contribution in [3.8, 4) is 0 Å². The Balaban J connectivity index is 1.38. The fourth-order valence-electron chi connectivity index (χ4n) is 5.58. The third-order valence-electron chi connectivity index (χ3n) is 6.73. The lowest BCUT2D eigenvalue weighted by molar-refractivity contribution is -0.179. The fraction of sp³-hybridized carbons (Fsp3) is 0.882. The van der Waals surface area contributed by atoms with Crippen molar-refractivity contribution in [1.82, 2.24) is 0 Å². The molecule has 6 nitrogen and oxygen atoms in total. The molecule has 5 aliphatic carbocycles. The summed E-state index contributed by atoms with van der Waals surface area (Å²) in [5.74, 6) is 0.624. The van der Waals surface area contributed by atoms with Crippen molar-refractivity contribution in [3.63, 3.8) is 0 Å². The van der Waals surface area contributed by atoms with Gasteiger partial charge < -0.3 is 9.29 Å². The van der Waals surface area contributed by atoms with Crippen LogP contribution in [0.3, 0.4) is 0 Å². The summed E-state index contributed by atoms with van der Waals surface area (Å²) in [7, 11) is -4.27. The van der Waals surface area contributed by atoms with Crippen LogP contribution >= 0.6 is 0 Å². The number of Topliss-reactive ketones (excluding diaryl/α,β-unsaturated/α-hetero) is 1. The molecule has 0 heterocycles. The number of rotatable bonds is 3. The summed E-state index contributed by atoms with van der Waals surface area (Å²) in [4.78, 5) is 24.9. The van der Waals surface area contributed by atoms with Crippen LogP contribution in [-0.4, -0.2) is 36.1 Å². The zero-order chi connectivity index (χ0) is 17.1. The zero-order valence-corrected chi connectivity index (χ0v) is 14.4. The van der Waals surface area contributed by atoms with Gasteiger partial charge in [-0.05, 0) is 63.2 Å². The first-order chi connectivity index (χ1) is 11.3. The van der Waals surface area contributed by atoms with Crippen LogP contribution in [0.1, 0.15) is 51.4 Å². The number of carbonyl (C=O) groups excluding carboxylic acids is 2. The molecule has 0 aromatic rings. The average Bonchev–Trinajstić information content (AvgIpc) is 2.54. The van der Waals surface area contributed by atoms with Gasteiger partial charge in [-0.3, -0.25) is 9.59 Å². The summed E-state index contributed by atoms with van der Waals surface area (Å²) in [5, 5.41) is -0.871. The maximum Gasteiger partial charge on any atom is 0.309 e. The molecule has 0 saturated heterocycles. The van der Waals surface area contributed by atoms with E-state index in [9.17, 15) is 22.6 Å². The zero-order valence-electron chi connectivity index (χ0n) is 13.6. The molecule has 0 aromatic carbocycles. The molecule has 5 rings (SSSR count). The van der Waals surface area contributed by atoms with Gasteiger partial charge in [0.15, 0.2) is 0 Å². The Morgan fingerprint density at radius 2 is 1.75 bits per heavy atom. The number of hydrogen-bond donors (Lipinski definition) is 0. The summed E-state index contributed by atoms with van der Waals surface area (Å²) in [6.45, 7) is 0. The molecule has 7 heteroatoms. The second-order valence-corrected chi connectivity index (χ2v) is 9.79. The molecule has 0 aromatic heterocycles. The van der Waals surface area contributed by atoms with E-state index in [1.54, 1.807) is 0 Å². The molecule has 134 valence electrons. The van der Waals surface area contributed by atoms with Crippen LogP contribution in [0.15, 0.2) is 0 Å². The van der Waals surface area contributed by atoms with Crippen LogP contribution in [-0.2, 0) is 24.4 Å². The minimum Gasteiger partial charge on any atom is -0.748 e. The predicted octanol–water partition coefficient (Wildman–Crippen LogP) is 1.64. The van der Waals surface area contributed by atoms with E-state index in [1.807, 2.05) is 0 Å². The van der Waals surface area contributed by atoms with Crippen LogP contribution in [0.5, 0.6) is 0 Å². The van der Waals surface area contributed by atoms with Crippen molar-refractivity contribution in [2.24, 2.45) is 29.6 Å². The standard InChI is InChI=1S/C17H24O6S/c18-15-11-5-9-6-12(8-11)16(14(15)7-9)23-17(19)10-1-3-13(4-2-10)24(20,21)22/h9-14,16H,1-8H2,(H,20,21,22)/p-1. The Labute approximate surface area is 142 Å². The van der Waals surface area contributed by atoms with Gasteiger partial charge in [0.25, 0.3) is 0 Å². The van der Waals surface area contributed by atoms with Gasteiger partial charge in [0.05, 0.1) is 22.0 Å². The van der Waals surface area contributed by atoms with Crippen LogP contribution in [0, 0.1) is 29.6 Å². The summed E-state index contributed by atoms with van der Waals surface area (Å²) >= 11 is 0. The van der Waals surface area contributed by atoms with Crippen molar-refractivity contribution in [1.29, 1.82) is 0 Å². The summed E-state index contributed by atoms with van der Waals surface area (Å²) < 4.78 is 39.0. The molecule has 0 spiro atoms. The molecule has 5 unspecified atom stereocenters. The predicted molar refractivity (Wildman–Crippen MR) is 82.8 cm³/mol. The van der Waals surface area contributed by atoms with E-state index < -0.39 is 15.4 Å². The van der Waals surface area contributed by atoms with Crippen molar-refractivity contribution in [3.05, 3.63) is 0 Å². The SMILES string of the molecule is O=C(OC1C2CC3CC(C2)C(=O)C1C3)C1CCC(S(=O)(=O)[O-])CC1. The summed E-state index contributed by atoms with van der Waals surface area (Å²) in [5.41, 5.74) is 0. The Kier molecular flexibility index (Phi) is 3.99.